The molecule has 2 aromatic carbocycles. The maximum absolute atomic E-state index is 12.9. The molecule has 0 saturated carbocycles. The zero-order valence-electron chi connectivity index (χ0n) is 9.78. The van der Waals surface area contributed by atoms with Crippen molar-refractivity contribution in [1.82, 2.24) is 0 Å². The Morgan fingerprint density at radius 1 is 1.05 bits per heavy atom. The second-order valence-corrected chi connectivity index (χ2v) is 4.24. The summed E-state index contributed by atoms with van der Waals surface area (Å²) >= 11 is 5.61. The van der Waals surface area contributed by atoms with Gasteiger partial charge in [0.15, 0.2) is 0 Å². The topological polar surface area (TPSA) is 67.1 Å². The molecule has 0 aliphatic carbocycles. The van der Waals surface area contributed by atoms with Crippen LogP contribution in [-0.4, -0.2) is 6.03 Å². The van der Waals surface area contributed by atoms with Crippen molar-refractivity contribution >= 4 is 34.7 Å². The van der Waals surface area contributed by atoms with Crippen molar-refractivity contribution in [1.29, 1.82) is 0 Å². The molecule has 98 valence electrons. The van der Waals surface area contributed by atoms with E-state index in [0.717, 1.165) is 0 Å². The van der Waals surface area contributed by atoms with Gasteiger partial charge in [-0.25, -0.2) is 9.18 Å². The average molecular weight is 280 g/mol. The minimum atomic E-state index is -0.536. The Kier molecular flexibility index (Phi) is 3.87. The minimum Gasteiger partial charge on any atom is -0.399 e. The van der Waals surface area contributed by atoms with Crippen LogP contribution >= 0.6 is 11.6 Å². The summed E-state index contributed by atoms with van der Waals surface area (Å²) in [6.07, 6.45) is 0. The lowest BCUT2D eigenvalue weighted by atomic mass is 10.3. The minimum absolute atomic E-state index is 0.0507. The predicted molar refractivity (Wildman–Crippen MR) is 74.9 cm³/mol. The molecule has 0 heterocycles. The Morgan fingerprint density at radius 2 is 1.63 bits per heavy atom. The highest BCUT2D eigenvalue weighted by molar-refractivity contribution is 6.31. The smallest absolute Gasteiger partial charge is 0.323 e. The molecular formula is C13H11ClFN3O. The van der Waals surface area contributed by atoms with E-state index in [0.29, 0.717) is 17.1 Å². The Hall–Kier alpha value is -2.27. The molecule has 0 radical (unpaired) electrons. The van der Waals surface area contributed by atoms with Gasteiger partial charge in [0.2, 0.25) is 0 Å². The lowest BCUT2D eigenvalue weighted by Crippen LogP contribution is -2.19. The van der Waals surface area contributed by atoms with E-state index in [4.69, 9.17) is 17.3 Å². The molecule has 2 amide bonds. The maximum Gasteiger partial charge on any atom is 0.323 e. The van der Waals surface area contributed by atoms with E-state index >= 15 is 0 Å². The SMILES string of the molecule is Nc1ccc(NC(=O)Nc2ccc(F)c(Cl)c2)cc1. The van der Waals surface area contributed by atoms with Crippen LogP contribution in [0.1, 0.15) is 0 Å². The fourth-order valence-corrected chi connectivity index (χ4v) is 1.61. The molecular weight excluding hydrogens is 269 g/mol. The highest BCUT2D eigenvalue weighted by Crippen LogP contribution is 2.19. The highest BCUT2D eigenvalue weighted by atomic mass is 35.5. The quantitative estimate of drug-likeness (QED) is 0.734. The van der Waals surface area contributed by atoms with Crippen LogP contribution in [0, 0.1) is 5.82 Å². The molecule has 2 rings (SSSR count). The fraction of sp³-hybridized carbons (Fsp3) is 0. The number of nitrogens with two attached hydrogens (primary N) is 1. The summed E-state index contributed by atoms with van der Waals surface area (Å²) < 4.78 is 12.9. The molecule has 0 fully saturated rings. The predicted octanol–water partition coefficient (Wildman–Crippen LogP) is 3.71. The van der Waals surface area contributed by atoms with Gasteiger partial charge < -0.3 is 16.4 Å². The second-order valence-electron chi connectivity index (χ2n) is 3.83. The van der Waals surface area contributed by atoms with Crippen LogP contribution in [0.2, 0.25) is 5.02 Å². The van der Waals surface area contributed by atoms with E-state index in [9.17, 15) is 9.18 Å². The molecule has 2 aromatic rings. The third-order valence-corrected chi connectivity index (χ3v) is 2.64. The zero-order valence-corrected chi connectivity index (χ0v) is 10.5. The maximum atomic E-state index is 12.9. The number of benzene rings is 2. The first kappa shape index (κ1) is 13.2. The van der Waals surface area contributed by atoms with E-state index in [1.807, 2.05) is 0 Å². The number of nitrogen functional groups attached to an aromatic ring is 1. The molecule has 0 atom stereocenters. The van der Waals surface area contributed by atoms with Crippen molar-refractivity contribution in [2.75, 3.05) is 16.4 Å². The van der Waals surface area contributed by atoms with Gasteiger partial charge in [-0.3, -0.25) is 0 Å². The van der Waals surface area contributed by atoms with Crippen molar-refractivity contribution in [2.24, 2.45) is 0 Å². The first-order valence-corrected chi connectivity index (χ1v) is 5.81. The van der Waals surface area contributed by atoms with Crippen molar-refractivity contribution in [3.05, 3.63) is 53.3 Å². The van der Waals surface area contributed by atoms with Gasteiger partial charge in [-0.15, -0.1) is 0 Å². The van der Waals surface area contributed by atoms with E-state index in [2.05, 4.69) is 10.6 Å². The van der Waals surface area contributed by atoms with Gasteiger partial charge in [-0.1, -0.05) is 11.6 Å². The molecule has 0 bridgehead atoms. The molecule has 4 nitrogen and oxygen atoms in total. The van der Waals surface area contributed by atoms with E-state index in [1.54, 1.807) is 24.3 Å². The molecule has 6 heteroatoms. The van der Waals surface area contributed by atoms with E-state index in [1.165, 1.54) is 18.2 Å². The number of hydrogen-bond donors (Lipinski definition) is 3. The van der Waals surface area contributed by atoms with Crippen molar-refractivity contribution in [2.45, 2.75) is 0 Å². The normalized spacial score (nSPS) is 10.0. The largest absolute Gasteiger partial charge is 0.399 e. The number of hydrogen-bond acceptors (Lipinski definition) is 2. The van der Waals surface area contributed by atoms with Crippen molar-refractivity contribution < 1.29 is 9.18 Å². The summed E-state index contributed by atoms with van der Waals surface area (Å²) in [6.45, 7) is 0. The Balaban J connectivity index is 2.01. The van der Waals surface area contributed by atoms with Crippen LogP contribution in [0.5, 0.6) is 0 Å². The number of rotatable bonds is 2. The fourth-order valence-electron chi connectivity index (χ4n) is 1.43. The summed E-state index contributed by atoms with van der Waals surface area (Å²) in [4.78, 5) is 11.7. The van der Waals surface area contributed by atoms with Crippen LogP contribution in [-0.2, 0) is 0 Å². The molecule has 4 N–H and O–H groups in total. The number of carbonyl (C=O) groups is 1. The number of carbonyl (C=O) groups excluding carboxylic acids is 1. The summed E-state index contributed by atoms with van der Waals surface area (Å²) in [7, 11) is 0. The van der Waals surface area contributed by atoms with Gasteiger partial charge in [-0.2, -0.15) is 0 Å². The van der Waals surface area contributed by atoms with E-state index < -0.39 is 11.8 Å². The Labute approximate surface area is 114 Å². The van der Waals surface area contributed by atoms with Crippen molar-refractivity contribution in [3.63, 3.8) is 0 Å². The lowest BCUT2D eigenvalue weighted by Gasteiger charge is -2.08. The first-order chi connectivity index (χ1) is 9.04. The molecule has 0 aliphatic rings. The molecule has 0 aromatic heterocycles. The molecule has 0 unspecified atom stereocenters. The van der Waals surface area contributed by atoms with Gasteiger partial charge in [0.05, 0.1) is 5.02 Å². The Morgan fingerprint density at radius 3 is 2.26 bits per heavy atom. The number of urea groups is 1. The van der Waals surface area contributed by atoms with E-state index in [-0.39, 0.29) is 5.02 Å². The van der Waals surface area contributed by atoms with Gasteiger partial charge in [0, 0.05) is 17.1 Å². The molecule has 0 saturated heterocycles. The number of nitrogens with one attached hydrogen (secondary N) is 2. The molecule has 0 spiro atoms. The van der Waals surface area contributed by atoms with Gasteiger partial charge in [0.1, 0.15) is 5.82 Å². The van der Waals surface area contributed by atoms with Crippen LogP contribution in [0.4, 0.5) is 26.2 Å². The second kappa shape index (κ2) is 5.58. The van der Waals surface area contributed by atoms with Gasteiger partial charge >= 0.3 is 6.03 Å². The third-order valence-electron chi connectivity index (χ3n) is 2.35. The van der Waals surface area contributed by atoms with Crippen LogP contribution in [0.15, 0.2) is 42.5 Å². The van der Waals surface area contributed by atoms with Crippen molar-refractivity contribution in [3.8, 4) is 0 Å². The summed E-state index contributed by atoms with van der Waals surface area (Å²) in [5.74, 6) is -0.536. The third kappa shape index (κ3) is 3.59. The molecule has 0 aliphatic heterocycles. The van der Waals surface area contributed by atoms with Crippen LogP contribution in [0.3, 0.4) is 0 Å². The number of anilines is 3. The summed E-state index contributed by atoms with van der Waals surface area (Å²) in [6, 6.07) is 10.2. The van der Waals surface area contributed by atoms with Gasteiger partial charge in [0.25, 0.3) is 0 Å². The number of amides is 2. The Bertz CT molecular complexity index is 601. The summed E-state index contributed by atoms with van der Waals surface area (Å²) in [5, 5.41) is 5.10. The number of halogens is 2. The summed E-state index contributed by atoms with van der Waals surface area (Å²) in [5.41, 5.74) is 7.14. The van der Waals surface area contributed by atoms with Crippen LogP contribution < -0.4 is 16.4 Å². The average Bonchev–Trinajstić information content (AvgIpc) is 2.37. The van der Waals surface area contributed by atoms with Crippen LogP contribution in [0.25, 0.3) is 0 Å². The highest BCUT2D eigenvalue weighted by Gasteiger charge is 2.05. The monoisotopic (exact) mass is 279 g/mol. The molecule has 19 heavy (non-hydrogen) atoms. The lowest BCUT2D eigenvalue weighted by molar-refractivity contribution is 0.262. The first-order valence-electron chi connectivity index (χ1n) is 5.43. The zero-order chi connectivity index (χ0) is 13.8. The standard InChI is InChI=1S/C13H11ClFN3O/c14-11-7-10(5-6-12(11)15)18-13(19)17-9-3-1-8(16)2-4-9/h1-7H,16H2,(H2,17,18,19). The van der Waals surface area contributed by atoms with Gasteiger partial charge in [-0.05, 0) is 42.5 Å².